The van der Waals surface area contributed by atoms with Gasteiger partial charge in [0, 0.05) is 25.0 Å². The standard InChI is InChI=1S/C11H13N5O2S2/c17-10(9-5-12-20-15-9)14-11-13-8(7-19-11)6-16-1-3-18-4-2-16/h5,7H,1-4,6H2,(H,13,14,17). The molecule has 3 rings (SSSR count). The summed E-state index contributed by atoms with van der Waals surface area (Å²) in [6.45, 7) is 4.16. The molecule has 20 heavy (non-hydrogen) atoms. The van der Waals surface area contributed by atoms with E-state index in [2.05, 4.69) is 23.9 Å². The number of nitrogens with zero attached hydrogens (tertiary/aromatic N) is 4. The summed E-state index contributed by atoms with van der Waals surface area (Å²) in [5, 5.41) is 5.28. The molecule has 106 valence electrons. The number of thiazole rings is 1. The molecule has 0 unspecified atom stereocenters. The summed E-state index contributed by atoms with van der Waals surface area (Å²) in [7, 11) is 0. The number of aromatic nitrogens is 3. The molecule has 1 fully saturated rings. The predicted octanol–water partition coefficient (Wildman–Crippen LogP) is 1.08. The van der Waals surface area contributed by atoms with E-state index in [9.17, 15) is 4.79 Å². The molecule has 0 radical (unpaired) electrons. The van der Waals surface area contributed by atoms with Gasteiger partial charge in [0.25, 0.3) is 5.91 Å². The lowest BCUT2D eigenvalue weighted by Gasteiger charge is -2.25. The van der Waals surface area contributed by atoms with E-state index < -0.39 is 0 Å². The molecule has 0 aliphatic carbocycles. The fourth-order valence-corrected chi connectivity index (χ4v) is 2.96. The smallest absolute Gasteiger partial charge is 0.278 e. The zero-order valence-electron chi connectivity index (χ0n) is 10.6. The van der Waals surface area contributed by atoms with E-state index in [0.29, 0.717) is 10.8 Å². The second kappa shape index (κ2) is 6.35. The van der Waals surface area contributed by atoms with E-state index in [4.69, 9.17) is 4.74 Å². The van der Waals surface area contributed by atoms with Crippen LogP contribution in [0.2, 0.25) is 0 Å². The van der Waals surface area contributed by atoms with Gasteiger partial charge in [-0.05, 0) is 0 Å². The Labute approximate surface area is 123 Å². The first-order chi connectivity index (χ1) is 9.81. The fourth-order valence-electron chi connectivity index (χ4n) is 1.85. The van der Waals surface area contributed by atoms with Gasteiger partial charge in [0.2, 0.25) is 0 Å². The lowest BCUT2D eigenvalue weighted by Crippen LogP contribution is -2.35. The van der Waals surface area contributed by atoms with Crippen LogP contribution in [0.1, 0.15) is 16.2 Å². The first-order valence-corrected chi connectivity index (χ1v) is 7.76. The van der Waals surface area contributed by atoms with E-state index in [-0.39, 0.29) is 5.91 Å². The van der Waals surface area contributed by atoms with Crippen molar-refractivity contribution in [3.05, 3.63) is 23.0 Å². The lowest BCUT2D eigenvalue weighted by molar-refractivity contribution is 0.0337. The third-order valence-corrected chi connectivity index (χ3v) is 4.14. The molecule has 3 heterocycles. The highest BCUT2D eigenvalue weighted by atomic mass is 32.1. The number of hydrogen-bond donors (Lipinski definition) is 1. The first kappa shape index (κ1) is 13.6. The average molecular weight is 311 g/mol. The first-order valence-electron chi connectivity index (χ1n) is 6.15. The van der Waals surface area contributed by atoms with E-state index in [1.807, 2.05) is 5.38 Å². The van der Waals surface area contributed by atoms with Gasteiger partial charge in [-0.2, -0.15) is 8.75 Å². The predicted molar refractivity (Wildman–Crippen MR) is 76.1 cm³/mol. The summed E-state index contributed by atoms with van der Waals surface area (Å²) in [5.41, 5.74) is 1.28. The number of morpholine rings is 1. The van der Waals surface area contributed by atoms with Crippen molar-refractivity contribution in [2.45, 2.75) is 6.54 Å². The largest absolute Gasteiger partial charge is 0.379 e. The minimum absolute atomic E-state index is 0.272. The van der Waals surface area contributed by atoms with Gasteiger partial charge >= 0.3 is 0 Å². The monoisotopic (exact) mass is 311 g/mol. The molecule has 0 aromatic carbocycles. The summed E-state index contributed by atoms with van der Waals surface area (Å²) in [6, 6.07) is 0. The highest BCUT2D eigenvalue weighted by Crippen LogP contribution is 2.18. The van der Waals surface area contributed by atoms with Gasteiger partial charge in [-0.1, -0.05) is 0 Å². The molecule has 9 heteroatoms. The van der Waals surface area contributed by atoms with Crippen molar-refractivity contribution in [3.63, 3.8) is 0 Å². The molecular formula is C11H13N5O2S2. The molecule has 2 aromatic rings. The van der Waals surface area contributed by atoms with Crippen LogP contribution in [0.15, 0.2) is 11.6 Å². The molecule has 1 saturated heterocycles. The SMILES string of the molecule is O=C(Nc1nc(CN2CCOCC2)cs1)c1cnsn1. The van der Waals surface area contributed by atoms with E-state index >= 15 is 0 Å². The number of anilines is 1. The summed E-state index contributed by atoms with van der Waals surface area (Å²) in [5.74, 6) is -0.272. The molecule has 7 nitrogen and oxygen atoms in total. The van der Waals surface area contributed by atoms with Crippen molar-refractivity contribution in [2.24, 2.45) is 0 Å². The number of carbonyl (C=O) groups is 1. The number of carbonyl (C=O) groups excluding carboxylic acids is 1. The zero-order chi connectivity index (χ0) is 13.8. The second-order valence-corrected chi connectivity index (χ2v) is 5.69. The van der Waals surface area contributed by atoms with Crippen molar-refractivity contribution in [1.82, 2.24) is 18.6 Å². The van der Waals surface area contributed by atoms with Crippen LogP contribution in [0.4, 0.5) is 5.13 Å². The van der Waals surface area contributed by atoms with Gasteiger partial charge < -0.3 is 4.74 Å². The number of amides is 1. The average Bonchev–Trinajstić information content (AvgIpc) is 3.11. The minimum atomic E-state index is -0.272. The molecule has 1 aliphatic heterocycles. The highest BCUT2D eigenvalue weighted by molar-refractivity contribution is 7.14. The number of ether oxygens (including phenoxy) is 1. The molecule has 1 amide bonds. The van der Waals surface area contributed by atoms with Crippen LogP contribution in [0.3, 0.4) is 0 Å². The fraction of sp³-hybridized carbons (Fsp3) is 0.455. The van der Waals surface area contributed by atoms with Gasteiger partial charge in [0.15, 0.2) is 10.8 Å². The highest BCUT2D eigenvalue weighted by Gasteiger charge is 2.14. The number of hydrogen-bond acceptors (Lipinski definition) is 8. The van der Waals surface area contributed by atoms with Gasteiger partial charge in [-0.25, -0.2) is 4.98 Å². The number of rotatable bonds is 4. The summed E-state index contributed by atoms with van der Waals surface area (Å²) in [6.07, 6.45) is 1.45. The van der Waals surface area contributed by atoms with Crippen molar-refractivity contribution < 1.29 is 9.53 Å². The molecule has 0 saturated carbocycles. The Balaban J connectivity index is 1.57. The molecule has 0 bridgehead atoms. The van der Waals surface area contributed by atoms with Crippen LogP contribution in [0.25, 0.3) is 0 Å². The molecular weight excluding hydrogens is 298 g/mol. The zero-order valence-corrected chi connectivity index (χ0v) is 12.2. The summed E-state index contributed by atoms with van der Waals surface area (Å²) < 4.78 is 13.0. The van der Waals surface area contributed by atoms with E-state index in [0.717, 1.165) is 50.3 Å². The number of nitrogens with one attached hydrogen (secondary N) is 1. The van der Waals surface area contributed by atoms with Gasteiger partial charge in [-0.3, -0.25) is 15.0 Å². The van der Waals surface area contributed by atoms with Crippen molar-refractivity contribution in [3.8, 4) is 0 Å². The second-order valence-electron chi connectivity index (χ2n) is 4.28. The molecule has 0 atom stereocenters. The van der Waals surface area contributed by atoms with Gasteiger partial charge in [-0.15, -0.1) is 11.3 Å². The maximum atomic E-state index is 11.8. The molecule has 1 N–H and O–H groups in total. The Bertz CT molecular complexity index is 565. The maximum absolute atomic E-state index is 11.8. The minimum Gasteiger partial charge on any atom is -0.379 e. The molecule has 2 aromatic heterocycles. The van der Waals surface area contributed by atoms with Crippen LogP contribution < -0.4 is 5.32 Å². The van der Waals surface area contributed by atoms with Crippen LogP contribution in [0, 0.1) is 0 Å². The Kier molecular flexibility index (Phi) is 4.31. The summed E-state index contributed by atoms with van der Waals surface area (Å²) >= 11 is 2.43. The third-order valence-electron chi connectivity index (χ3n) is 2.86. The topological polar surface area (TPSA) is 80.2 Å². The van der Waals surface area contributed by atoms with Crippen LogP contribution >= 0.6 is 23.1 Å². The van der Waals surface area contributed by atoms with Gasteiger partial charge in [0.1, 0.15) is 0 Å². The van der Waals surface area contributed by atoms with Crippen LogP contribution in [-0.2, 0) is 11.3 Å². The Hall–Kier alpha value is -1.42. The normalized spacial score (nSPS) is 16.2. The van der Waals surface area contributed by atoms with Crippen molar-refractivity contribution in [1.29, 1.82) is 0 Å². The molecule has 1 aliphatic rings. The van der Waals surface area contributed by atoms with Crippen LogP contribution in [-0.4, -0.2) is 50.8 Å². The van der Waals surface area contributed by atoms with Gasteiger partial charge in [0.05, 0.1) is 36.8 Å². The van der Waals surface area contributed by atoms with E-state index in [1.54, 1.807) is 0 Å². The third kappa shape index (κ3) is 3.37. The maximum Gasteiger partial charge on any atom is 0.278 e. The lowest BCUT2D eigenvalue weighted by atomic mass is 10.4. The quantitative estimate of drug-likeness (QED) is 0.910. The Morgan fingerprint density at radius 2 is 2.30 bits per heavy atom. The Morgan fingerprint density at radius 1 is 1.45 bits per heavy atom. The summed E-state index contributed by atoms with van der Waals surface area (Å²) in [4.78, 5) is 18.5. The molecule has 0 spiro atoms. The van der Waals surface area contributed by atoms with Crippen molar-refractivity contribution >= 4 is 34.1 Å². The van der Waals surface area contributed by atoms with Crippen molar-refractivity contribution in [2.75, 3.05) is 31.6 Å². The Morgan fingerprint density at radius 3 is 3.05 bits per heavy atom. The van der Waals surface area contributed by atoms with E-state index in [1.165, 1.54) is 17.5 Å². The van der Waals surface area contributed by atoms with Crippen LogP contribution in [0.5, 0.6) is 0 Å².